The van der Waals surface area contributed by atoms with Crippen LogP contribution >= 0.6 is 7.81 Å². The molecule has 0 bridgehead atoms. The van der Waals surface area contributed by atoms with Gasteiger partial charge in [-0.3, -0.25) is 0 Å². The van der Waals surface area contributed by atoms with E-state index in [9.17, 15) is 25.2 Å². The van der Waals surface area contributed by atoms with E-state index in [0.29, 0.717) is 5.92 Å². The summed E-state index contributed by atoms with van der Waals surface area (Å²) in [6.45, 7) is 4.48. The Kier molecular flexibility index (Phi) is 8.57. The van der Waals surface area contributed by atoms with E-state index in [-0.39, 0.29) is 17.1 Å². The fourth-order valence-corrected chi connectivity index (χ4v) is 2.14. The zero-order chi connectivity index (χ0) is 19.9. The third kappa shape index (κ3) is 14.2. The maximum atomic E-state index is 9.87. The largest absolute Gasteiger partial charge is 0.748 e. The van der Waals surface area contributed by atoms with E-state index in [1.165, 1.54) is 16.7 Å². The summed E-state index contributed by atoms with van der Waals surface area (Å²) in [4.78, 5) is 0. The second-order valence-electron chi connectivity index (χ2n) is 5.84. The Morgan fingerprint density at radius 2 is 1.11 bits per heavy atom. The van der Waals surface area contributed by atoms with Crippen LogP contribution in [0.2, 0.25) is 0 Å². The predicted molar refractivity (Wildman–Crippen MR) is 97.2 cm³/mol. The van der Waals surface area contributed by atoms with Crippen LogP contribution in [0.3, 0.4) is 0 Å². The van der Waals surface area contributed by atoms with Crippen LogP contribution in [0.15, 0.2) is 78.9 Å². The first kappa shape index (κ1) is 25.4. The first-order valence-corrected chi connectivity index (χ1v) is 9.81. The van der Waals surface area contributed by atoms with Crippen LogP contribution in [0, 0.1) is 0 Å². The average molecular weight is 449 g/mol. The molecular formula is C19H20F6FeP-7. The molecule has 27 heavy (non-hydrogen) atoms. The zero-order valence-electron chi connectivity index (χ0n) is 14.7. The van der Waals surface area contributed by atoms with E-state index in [1.54, 1.807) is 0 Å². The number of hydrogen-bond donors (Lipinski definition) is 0. The molecule has 0 heterocycles. The Morgan fingerprint density at radius 1 is 0.741 bits per heavy atom. The number of rotatable bonds is 2. The van der Waals surface area contributed by atoms with Crippen LogP contribution < -0.4 is 0 Å². The molecule has 0 aliphatic rings. The average Bonchev–Trinajstić information content (AvgIpc) is 3.20. The molecule has 0 aromatic heterocycles. The monoisotopic (exact) mass is 449 g/mol. The maximum Gasteiger partial charge on any atom is 0 e. The molecule has 0 radical (unpaired) electrons. The van der Waals surface area contributed by atoms with Crippen molar-refractivity contribution in [3.8, 4) is 11.1 Å². The first-order valence-electron chi connectivity index (χ1n) is 7.78. The topological polar surface area (TPSA) is 0 Å². The molecule has 158 valence electrons. The SMILES string of the molecule is CC(C)c1ccccc1-[c-]1cccc1.F[P-](F)(F)(F)(F)F.[Fe].[cH-]1[cH-][cH-][cH-][cH-]1. The fraction of sp³-hybridized carbons (Fsp3) is 0.158. The fourth-order valence-electron chi connectivity index (χ4n) is 2.14. The van der Waals surface area contributed by atoms with Gasteiger partial charge in [0.25, 0.3) is 0 Å². The van der Waals surface area contributed by atoms with E-state index >= 15 is 0 Å². The second-order valence-corrected chi connectivity index (χ2v) is 7.75. The van der Waals surface area contributed by atoms with Gasteiger partial charge in [0.1, 0.15) is 0 Å². The van der Waals surface area contributed by atoms with Gasteiger partial charge in [-0.15, -0.1) is 29.3 Å². The molecule has 0 atom stereocenters. The summed E-state index contributed by atoms with van der Waals surface area (Å²) in [6.07, 6.45) is 0. The van der Waals surface area contributed by atoms with E-state index in [0.717, 1.165) is 0 Å². The summed E-state index contributed by atoms with van der Waals surface area (Å²) in [5, 5.41) is 0. The van der Waals surface area contributed by atoms with Crippen molar-refractivity contribution in [3.63, 3.8) is 0 Å². The van der Waals surface area contributed by atoms with E-state index in [4.69, 9.17) is 0 Å². The second kappa shape index (κ2) is 9.09. The van der Waals surface area contributed by atoms with E-state index in [1.807, 2.05) is 30.3 Å². The van der Waals surface area contributed by atoms with Crippen molar-refractivity contribution in [1.29, 1.82) is 0 Å². The summed E-state index contributed by atoms with van der Waals surface area (Å²) >= 11 is 0. The minimum Gasteiger partial charge on any atom is -0.748 e. The van der Waals surface area contributed by atoms with Crippen molar-refractivity contribution in [2.75, 3.05) is 0 Å². The van der Waals surface area contributed by atoms with Crippen LogP contribution in [0.25, 0.3) is 11.1 Å². The molecular weight excluding hydrogens is 429 g/mol. The summed E-state index contributed by atoms with van der Waals surface area (Å²) in [6, 6.07) is 27.1. The van der Waals surface area contributed by atoms with Crippen LogP contribution in [0.4, 0.5) is 25.2 Å². The van der Waals surface area contributed by atoms with Crippen LogP contribution in [-0.4, -0.2) is 0 Å². The summed E-state index contributed by atoms with van der Waals surface area (Å²) in [7, 11) is -10.7. The number of hydrogen-bond acceptors (Lipinski definition) is 0. The molecule has 3 rings (SSSR count). The van der Waals surface area contributed by atoms with Gasteiger partial charge in [0, 0.05) is 17.1 Å². The van der Waals surface area contributed by atoms with Crippen molar-refractivity contribution in [2.24, 2.45) is 0 Å². The number of halogens is 6. The molecule has 0 spiro atoms. The number of benzene rings is 1. The predicted octanol–water partition coefficient (Wildman–Crippen LogP) is 8.98. The Balaban J connectivity index is 0.000000437. The van der Waals surface area contributed by atoms with Gasteiger partial charge in [0.2, 0.25) is 0 Å². The van der Waals surface area contributed by atoms with Gasteiger partial charge in [0.05, 0.1) is 0 Å². The third-order valence-corrected chi connectivity index (χ3v) is 3.11. The van der Waals surface area contributed by atoms with Gasteiger partial charge in [-0.2, -0.15) is 12.1 Å². The Morgan fingerprint density at radius 3 is 1.48 bits per heavy atom. The third-order valence-electron chi connectivity index (χ3n) is 3.11. The summed E-state index contributed by atoms with van der Waals surface area (Å²) in [5.41, 5.74) is 4.13. The maximum absolute atomic E-state index is 10.7. The van der Waals surface area contributed by atoms with Crippen LogP contribution in [0.5, 0.6) is 0 Å². The molecule has 0 aliphatic carbocycles. The van der Waals surface area contributed by atoms with Gasteiger partial charge in [-0.1, -0.05) is 37.6 Å². The van der Waals surface area contributed by atoms with Gasteiger partial charge in [-0.05, 0) is 5.92 Å². The van der Waals surface area contributed by atoms with Crippen molar-refractivity contribution in [3.05, 3.63) is 84.4 Å². The van der Waals surface area contributed by atoms with Crippen LogP contribution in [0.1, 0.15) is 25.3 Å². The molecule has 0 saturated heterocycles. The summed E-state index contributed by atoms with van der Waals surface area (Å²) in [5.74, 6) is 0.584. The standard InChI is InChI=1S/C14H15.C5H5.F6P.Fe/c1-11(2)13-9-5-6-10-14(13)12-7-3-4-8-12;1-2-4-5-3-1;1-7(2,3,4,5)6;/h3-11H,1-2H3;1-5H;;/q-1;-5;-1;. The van der Waals surface area contributed by atoms with Crippen molar-refractivity contribution in [2.45, 2.75) is 19.8 Å². The molecule has 3 aromatic rings. The van der Waals surface area contributed by atoms with Crippen molar-refractivity contribution in [1.82, 2.24) is 0 Å². The van der Waals surface area contributed by atoms with Gasteiger partial charge in [-0.25, -0.2) is 0 Å². The van der Waals surface area contributed by atoms with Gasteiger partial charge < -0.3 is 30.3 Å². The Hall–Kier alpha value is -1.55. The zero-order valence-corrected chi connectivity index (χ0v) is 16.7. The summed E-state index contributed by atoms with van der Waals surface area (Å²) < 4.78 is 59.2. The Bertz CT molecular complexity index is 732. The van der Waals surface area contributed by atoms with Gasteiger partial charge in [0.15, 0.2) is 0 Å². The minimum atomic E-state index is -10.7. The molecule has 3 aromatic carbocycles. The molecule has 0 N–H and O–H groups in total. The minimum absolute atomic E-state index is 0. The first-order chi connectivity index (χ1) is 11.7. The molecule has 0 nitrogen and oxygen atoms in total. The molecule has 0 aliphatic heterocycles. The molecule has 0 fully saturated rings. The smallest absolute Gasteiger partial charge is 0 e. The van der Waals surface area contributed by atoms with E-state index in [2.05, 4.69) is 62.4 Å². The van der Waals surface area contributed by atoms with Crippen LogP contribution in [-0.2, 0) is 17.1 Å². The molecule has 0 saturated carbocycles. The molecule has 0 amide bonds. The quantitative estimate of drug-likeness (QED) is 0.159. The van der Waals surface area contributed by atoms with Gasteiger partial charge >= 0.3 is 33.0 Å². The van der Waals surface area contributed by atoms with E-state index < -0.39 is 7.81 Å². The van der Waals surface area contributed by atoms with Crippen molar-refractivity contribution >= 4 is 7.81 Å². The Labute approximate surface area is 165 Å². The molecule has 0 unspecified atom stereocenters. The van der Waals surface area contributed by atoms with Crippen molar-refractivity contribution < 1.29 is 42.3 Å². The molecule has 8 heteroatoms. The normalized spacial score (nSPS) is 13.1.